The number of rotatable bonds is 8. The summed E-state index contributed by atoms with van der Waals surface area (Å²) in [6.45, 7) is 1.87. The number of para-hydroxylation sites is 2. The van der Waals surface area contributed by atoms with Gasteiger partial charge in [0.15, 0.2) is 17.6 Å². The molecule has 1 atom stereocenters. The maximum absolute atomic E-state index is 13.0. The lowest BCUT2D eigenvalue weighted by molar-refractivity contribution is 0.0784. The molecule has 0 aliphatic carbocycles. The van der Waals surface area contributed by atoms with Gasteiger partial charge in [-0.25, -0.2) is 0 Å². The van der Waals surface area contributed by atoms with Crippen molar-refractivity contribution >= 4 is 11.5 Å². The van der Waals surface area contributed by atoms with E-state index >= 15 is 0 Å². The van der Waals surface area contributed by atoms with E-state index in [4.69, 9.17) is 24.7 Å². The average Bonchev–Trinajstić information content (AvgIpc) is 2.65. The predicted molar refractivity (Wildman–Crippen MR) is 96.0 cm³/mol. The van der Waals surface area contributed by atoms with Crippen molar-refractivity contribution in [3.05, 3.63) is 42.0 Å². The van der Waals surface area contributed by atoms with Crippen LogP contribution in [0.2, 0.25) is 0 Å². The number of hydrogen-bond acceptors (Lipinski definition) is 6. The van der Waals surface area contributed by atoms with Crippen molar-refractivity contribution in [1.29, 1.82) is 0 Å². The minimum absolute atomic E-state index is 0.219. The van der Waals surface area contributed by atoms with Gasteiger partial charge in [-0.1, -0.05) is 19.1 Å². The lowest BCUT2D eigenvalue weighted by atomic mass is 10.0. The molecule has 6 heteroatoms. The number of methoxy groups -OCH3 is 3. The van der Waals surface area contributed by atoms with Gasteiger partial charge in [0.1, 0.15) is 11.5 Å². The van der Waals surface area contributed by atoms with Crippen LogP contribution in [0.15, 0.2) is 36.4 Å². The number of carbonyl (C=O) groups excluding carboxylic acids is 1. The molecular weight excluding hydrogens is 322 g/mol. The first-order valence-corrected chi connectivity index (χ1v) is 7.91. The molecule has 0 aliphatic rings. The number of anilines is 1. The van der Waals surface area contributed by atoms with E-state index in [0.717, 1.165) is 0 Å². The Kier molecular flexibility index (Phi) is 6.11. The number of hydrogen-bond donors (Lipinski definition) is 1. The molecule has 134 valence electrons. The largest absolute Gasteiger partial charge is 0.496 e. The van der Waals surface area contributed by atoms with Gasteiger partial charge in [-0.3, -0.25) is 4.79 Å². The van der Waals surface area contributed by atoms with E-state index in [1.165, 1.54) is 21.3 Å². The number of nitrogens with two attached hydrogens (primary N) is 1. The van der Waals surface area contributed by atoms with E-state index in [1.54, 1.807) is 30.3 Å². The summed E-state index contributed by atoms with van der Waals surface area (Å²) in [4.78, 5) is 13.0. The lowest BCUT2D eigenvalue weighted by Crippen LogP contribution is -2.27. The van der Waals surface area contributed by atoms with Crippen LogP contribution in [-0.2, 0) is 0 Å². The van der Waals surface area contributed by atoms with Crippen LogP contribution in [0, 0.1) is 0 Å². The van der Waals surface area contributed by atoms with Gasteiger partial charge in [-0.05, 0) is 24.6 Å². The van der Waals surface area contributed by atoms with Crippen molar-refractivity contribution in [2.45, 2.75) is 19.4 Å². The van der Waals surface area contributed by atoms with Crippen molar-refractivity contribution in [3.63, 3.8) is 0 Å². The highest BCUT2D eigenvalue weighted by atomic mass is 16.5. The van der Waals surface area contributed by atoms with Gasteiger partial charge in [0, 0.05) is 6.07 Å². The quantitative estimate of drug-likeness (QED) is 0.584. The summed E-state index contributed by atoms with van der Waals surface area (Å²) < 4.78 is 21.7. The Morgan fingerprint density at radius 2 is 1.56 bits per heavy atom. The number of carbonyl (C=O) groups is 1. The van der Waals surface area contributed by atoms with Gasteiger partial charge < -0.3 is 24.7 Å². The Morgan fingerprint density at radius 1 is 0.960 bits per heavy atom. The zero-order valence-electron chi connectivity index (χ0n) is 14.9. The molecule has 0 radical (unpaired) electrons. The summed E-state index contributed by atoms with van der Waals surface area (Å²) in [6, 6.07) is 10.3. The normalized spacial score (nSPS) is 11.5. The number of nitrogen functional groups attached to an aromatic ring is 1. The third kappa shape index (κ3) is 3.96. The Balaban J connectivity index is 2.38. The van der Waals surface area contributed by atoms with Gasteiger partial charge in [-0.15, -0.1) is 0 Å². The topological polar surface area (TPSA) is 80.0 Å². The number of benzene rings is 2. The van der Waals surface area contributed by atoms with Gasteiger partial charge in [-0.2, -0.15) is 0 Å². The summed E-state index contributed by atoms with van der Waals surface area (Å²) in [5.74, 6) is 1.58. The molecule has 0 amide bonds. The Labute approximate surface area is 147 Å². The highest BCUT2D eigenvalue weighted by molar-refractivity contribution is 6.02. The van der Waals surface area contributed by atoms with Crippen LogP contribution in [-0.4, -0.2) is 33.2 Å². The highest BCUT2D eigenvalue weighted by Gasteiger charge is 2.26. The maximum Gasteiger partial charge on any atom is 0.207 e. The fourth-order valence-corrected chi connectivity index (χ4v) is 2.46. The molecule has 0 heterocycles. The molecule has 25 heavy (non-hydrogen) atoms. The summed E-state index contributed by atoms with van der Waals surface area (Å²) >= 11 is 0. The third-order valence-corrected chi connectivity index (χ3v) is 3.82. The minimum Gasteiger partial charge on any atom is -0.496 e. The minimum atomic E-state index is -0.697. The first-order valence-electron chi connectivity index (χ1n) is 7.91. The van der Waals surface area contributed by atoms with Crippen LogP contribution in [0.4, 0.5) is 5.69 Å². The van der Waals surface area contributed by atoms with Crippen LogP contribution in [0.3, 0.4) is 0 Å². The molecule has 0 spiro atoms. The molecule has 0 bridgehead atoms. The zero-order chi connectivity index (χ0) is 18.4. The second-order valence-corrected chi connectivity index (χ2v) is 5.32. The van der Waals surface area contributed by atoms with E-state index in [2.05, 4.69) is 0 Å². The Bertz CT molecular complexity index is 745. The van der Waals surface area contributed by atoms with E-state index in [1.807, 2.05) is 13.0 Å². The van der Waals surface area contributed by atoms with Crippen molar-refractivity contribution in [3.8, 4) is 23.0 Å². The SMILES string of the molecule is CCC(Oc1ccccc1N)C(=O)c1cc(OC)c(OC)cc1OC. The van der Waals surface area contributed by atoms with Gasteiger partial charge in [0.25, 0.3) is 0 Å². The van der Waals surface area contributed by atoms with Crippen molar-refractivity contribution < 1.29 is 23.7 Å². The fourth-order valence-electron chi connectivity index (χ4n) is 2.46. The maximum atomic E-state index is 13.0. The summed E-state index contributed by atoms with van der Waals surface area (Å²) in [6.07, 6.45) is -0.221. The van der Waals surface area contributed by atoms with Crippen LogP contribution < -0.4 is 24.7 Å². The van der Waals surface area contributed by atoms with Gasteiger partial charge >= 0.3 is 0 Å². The second kappa shape index (κ2) is 8.28. The molecule has 2 aromatic carbocycles. The fraction of sp³-hybridized carbons (Fsp3) is 0.316. The van der Waals surface area contributed by atoms with Crippen molar-refractivity contribution in [2.75, 3.05) is 27.1 Å². The average molecular weight is 345 g/mol. The molecule has 1 unspecified atom stereocenters. The molecule has 0 fully saturated rings. The Morgan fingerprint density at radius 3 is 2.12 bits per heavy atom. The molecule has 2 rings (SSSR count). The van der Waals surface area contributed by atoms with Crippen molar-refractivity contribution in [1.82, 2.24) is 0 Å². The van der Waals surface area contributed by atoms with E-state index in [9.17, 15) is 4.79 Å². The molecule has 0 aromatic heterocycles. The number of ether oxygens (including phenoxy) is 4. The van der Waals surface area contributed by atoms with Gasteiger partial charge in [0.05, 0.1) is 32.6 Å². The van der Waals surface area contributed by atoms with Crippen LogP contribution >= 0.6 is 0 Å². The summed E-state index contributed by atoms with van der Waals surface area (Å²) in [5, 5.41) is 0. The molecule has 2 N–H and O–H groups in total. The monoisotopic (exact) mass is 345 g/mol. The molecular formula is C19H23NO5. The summed E-state index contributed by atoms with van der Waals surface area (Å²) in [5.41, 5.74) is 6.75. The molecule has 2 aromatic rings. The predicted octanol–water partition coefficient (Wildman–Crippen LogP) is 3.33. The van der Waals surface area contributed by atoms with Crippen molar-refractivity contribution in [2.24, 2.45) is 0 Å². The standard InChI is InChI=1S/C19H23NO5/c1-5-14(25-15-9-7-6-8-13(15)20)19(21)12-10-17(23-3)18(24-4)11-16(12)22-2/h6-11,14H,5,20H2,1-4H3. The number of ketones is 1. The molecule has 6 nitrogen and oxygen atoms in total. The second-order valence-electron chi connectivity index (χ2n) is 5.32. The van der Waals surface area contributed by atoms with Crippen LogP contribution in [0.25, 0.3) is 0 Å². The van der Waals surface area contributed by atoms with E-state index in [0.29, 0.717) is 40.7 Å². The zero-order valence-corrected chi connectivity index (χ0v) is 14.9. The smallest absolute Gasteiger partial charge is 0.207 e. The third-order valence-electron chi connectivity index (χ3n) is 3.82. The van der Waals surface area contributed by atoms with Gasteiger partial charge in [0.2, 0.25) is 5.78 Å². The lowest BCUT2D eigenvalue weighted by Gasteiger charge is -2.20. The van der Waals surface area contributed by atoms with Crippen LogP contribution in [0.5, 0.6) is 23.0 Å². The number of Topliss-reactive ketones (excluding diaryl/α,β-unsaturated/α-hetero) is 1. The molecule has 0 aliphatic heterocycles. The molecule has 0 saturated heterocycles. The first-order chi connectivity index (χ1) is 12.0. The Hall–Kier alpha value is -2.89. The van der Waals surface area contributed by atoms with E-state index < -0.39 is 6.10 Å². The highest BCUT2D eigenvalue weighted by Crippen LogP contribution is 2.36. The van der Waals surface area contributed by atoms with Crippen LogP contribution in [0.1, 0.15) is 23.7 Å². The van der Waals surface area contributed by atoms with E-state index in [-0.39, 0.29) is 5.78 Å². The summed E-state index contributed by atoms with van der Waals surface area (Å²) in [7, 11) is 4.53. The molecule has 0 saturated carbocycles. The first kappa shape index (κ1) is 18.4.